The Kier molecular flexibility index (Phi) is 3.96. The Balaban J connectivity index is 2.13. The van der Waals surface area contributed by atoms with Crippen LogP contribution in [0.2, 0.25) is 10.0 Å². The molecule has 0 saturated carbocycles. The lowest BCUT2D eigenvalue weighted by molar-refractivity contribution is -0.757. The molecule has 0 radical (unpaired) electrons. The molecule has 2 rings (SSSR count). The van der Waals surface area contributed by atoms with Gasteiger partial charge in [0.05, 0.1) is 10.6 Å². The molecule has 0 N–H and O–H groups in total. The molecule has 1 aromatic carbocycles. The SMILES string of the molecule is O=C1c2cc(Cl)cc(Cl)c2OCN1CCO[N+](=O)[O-]. The number of nitrogens with zero attached hydrogens (tertiary/aromatic N) is 2. The summed E-state index contributed by atoms with van der Waals surface area (Å²) in [4.78, 5) is 27.5. The zero-order valence-corrected chi connectivity index (χ0v) is 11.0. The number of rotatable bonds is 4. The second-order valence-corrected chi connectivity index (χ2v) is 4.51. The van der Waals surface area contributed by atoms with Crippen LogP contribution in [0.3, 0.4) is 0 Å². The minimum atomic E-state index is -0.920. The summed E-state index contributed by atoms with van der Waals surface area (Å²) in [6.45, 7) is -0.247. The Morgan fingerprint density at radius 3 is 2.89 bits per heavy atom. The molecule has 0 unspecified atom stereocenters. The molecule has 0 aromatic heterocycles. The summed E-state index contributed by atoms with van der Waals surface area (Å²) < 4.78 is 5.34. The maximum atomic E-state index is 12.1. The van der Waals surface area contributed by atoms with Gasteiger partial charge in [0.25, 0.3) is 11.0 Å². The molecular weight excluding hydrogens is 299 g/mol. The lowest BCUT2D eigenvalue weighted by atomic mass is 10.1. The first-order valence-corrected chi connectivity index (χ1v) is 5.93. The predicted octanol–water partition coefficient (Wildman–Crippen LogP) is 1.99. The fourth-order valence-corrected chi connectivity index (χ4v) is 2.18. The van der Waals surface area contributed by atoms with Crippen molar-refractivity contribution in [1.29, 1.82) is 0 Å². The van der Waals surface area contributed by atoms with E-state index in [0.717, 1.165) is 0 Å². The smallest absolute Gasteiger partial charge is 0.294 e. The van der Waals surface area contributed by atoms with Crippen LogP contribution in [0.5, 0.6) is 5.75 Å². The van der Waals surface area contributed by atoms with Gasteiger partial charge in [-0.15, -0.1) is 10.1 Å². The van der Waals surface area contributed by atoms with Gasteiger partial charge in [0.15, 0.2) is 12.5 Å². The standard InChI is InChI=1S/C10H8Cl2N2O5/c11-6-3-7-9(8(12)4-6)18-5-13(10(7)15)1-2-19-14(16)17/h3-4H,1-2,5H2. The largest absolute Gasteiger partial charge is 0.471 e. The van der Waals surface area contributed by atoms with Crippen molar-refractivity contribution in [2.45, 2.75) is 0 Å². The third-order valence-electron chi connectivity index (χ3n) is 2.45. The molecule has 19 heavy (non-hydrogen) atoms. The molecule has 1 aromatic rings. The molecule has 1 aliphatic rings. The summed E-state index contributed by atoms with van der Waals surface area (Å²) in [7, 11) is 0. The zero-order valence-electron chi connectivity index (χ0n) is 9.47. The van der Waals surface area contributed by atoms with E-state index in [-0.39, 0.29) is 42.1 Å². The number of halogens is 2. The van der Waals surface area contributed by atoms with Gasteiger partial charge in [-0.1, -0.05) is 23.2 Å². The van der Waals surface area contributed by atoms with Gasteiger partial charge in [-0.25, -0.2) is 0 Å². The van der Waals surface area contributed by atoms with Gasteiger partial charge in [0, 0.05) is 11.6 Å². The minimum absolute atomic E-state index is 0.0311. The highest BCUT2D eigenvalue weighted by Crippen LogP contribution is 2.35. The van der Waals surface area contributed by atoms with Crippen molar-refractivity contribution >= 4 is 29.1 Å². The Bertz CT molecular complexity index is 537. The molecule has 0 aliphatic carbocycles. The molecule has 0 saturated heterocycles. The number of amides is 1. The summed E-state index contributed by atoms with van der Waals surface area (Å²) in [5.41, 5.74) is 0.227. The molecule has 0 bridgehead atoms. The van der Waals surface area contributed by atoms with Crippen molar-refractivity contribution in [1.82, 2.24) is 4.90 Å². The van der Waals surface area contributed by atoms with Crippen molar-refractivity contribution in [3.63, 3.8) is 0 Å². The fraction of sp³-hybridized carbons (Fsp3) is 0.300. The monoisotopic (exact) mass is 306 g/mol. The first kappa shape index (κ1) is 13.7. The molecule has 9 heteroatoms. The van der Waals surface area contributed by atoms with Crippen LogP contribution < -0.4 is 4.74 Å². The van der Waals surface area contributed by atoms with E-state index in [1.807, 2.05) is 0 Å². The van der Waals surface area contributed by atoms with E-state index in [0.29, 0.717) is 5.02 Å². The van der Waals surface area contributed by atoms with Crippen LogP contribution in [0.15, 0.2) is 12.1 Å². The lowest BCUT2D eigenvalue weighted by Gasteiger charge is -2.29. The minimum Gasteiger partial charge on any atom is -0.471 e. The second-order valence-electron chi connectivity index (χ2n) is 3.66. The van der Waals surface area contributed by atoms with Gasteiger partial charge in [0.2, 0.25) is 0 Å². The summed E-state index contributed by atoms with van der Waals surface area (Å²) >= 11 is 11.7. The van der Waals surface area contributed by atoms with Crippen molar-refractivity contribution in [2.24, 2.45) is 0 Å². The number of carbonyl (C=O) groups excluding carboxylic acids is 1. The van der Waals surface area contributed by atoms with Gasteiger partial charge in [-0.3, -0.25) is 4.79 Å². The first-order valence-electron chi connectivity index (χ1n) is 5.17. The van der Waals surface area contributed by atoms with Crippen LogP contribution in [0, 0.1) is 10.1 Å². The Morgan fingerprint density at radius 2 is 2.21 bits per heavy atom. The Labute approximate surface area is 117 Å². The third-order valence-corrected chi connectivity index (χ3v) is 2.95. The average Bonchev–Trinajstić information content (AvgIpc) is 2.32. The van der Waals surface area contributed by atoms with Crippen molar-refractivity contribution in [3.05, 3.63) is 37.9 Å². The van der Waals surface area contributed by atoms with E-state index in [1.165, 1.54) is 17.0 Å². The maximum absolute atomic E-state index is 12.1. The van der Waals surface area contributed by atoms with Crippen LogP contribution >= 0.6 is 23.2 Å². The highest BCUT2D eigenvalue weighted by molar-refractivity contribution is 6.36. The number of hydrogen-bond acceptors (Lipinski definition) is 5. The Morgan fingerprint density at radius 1 is 1.47 bits per heavy atom. The van der Waals surface area contributed by atoms with E-state index < -0.39 is 5.09 Å². The second kappa shape index (κ2) is 5.50. The summed E-state index contributed by atoms with van der Waals surface area (Å²) in [6, 6.07) is 2.91. The van der Waals surface area contributed by atoms with E-state index in [1.54, 1.807) is 0 Å². The lowest BCUT2D eigenvalue weighted by Crippen LogP contribution is -2.40. The number of carbonyl (C=O) groups is 1. The quantitative estimate of drug-likeness (QED) is 0.627. The predicted molar refractivity (Wildman–Crippen MR) is 65.9 cm³/mol. The summed E-state index contributed by atoms with van der Waals surface area (Å²) in [5.74, 6) is -0.0971. The average molecular weight is 307 g/mol. The maximum Gasteiger partial charge on any atom is 0.294 e. The zero-order chi connectivity index (χ0) is 14.0. The molecule has 0 spiro atoms. The van der Waals surface area contributed by atoms with Crippen LogP contribution in [0.1, 0.15) is 10.4 Å². The molecule has 1 amide bonds. The van der Waals surface area contributed by atoms with E-state index >= 15 is 0 Å². The van der Waals surface area contributed by atoms with E-state index in [4.69, 9.17) is 27.9 Å². The normalized spacial score (nSPS) is 13.8. The molecule has 102 valence electrons. The topological polar surface area (TPSA) is 81.9 Å². The van der Waals surface area contributed by atoms with Gasteiger partial charge in [0.1, 0.15) is 6.61 Å². The number of ether oxygens (including phenoxy) is 1. The highest BCUT2D eigenvalue weighted by Gasteiger charge is 2.27. The molecule has 1 aliphatic heterocycles. The molecule has 0 atom stereocenters. The van der Waals surface area contributed by atoms with Gasteiger partial charge in [-0.05, 0) is 12.1 Å². The van der Waals surface area contributed by atoms with Crippen molar-refractivity contribution < 1.29 is 19.5 Å². The van der Waals surface area contributed by atoms with Crippen molar-refractivity contribution in [2.75, 3.05) is 19.9 Å². The molecule has 7 nitrogen and oxygen atoms in total. The number of benzene rings is 1. The fourth-order valence-electron chi connectivity index (χ4n) is 1.63. The summed E-state index contributed by atoms with van der Waals surface area (Å²) in [6.07, 6.45) is 0. The van der Waals surface area contributed by atoms with Crippen LogP contribution in [0.25, 0.3) is 0 Å². The van der Waals surface area contributed by atoms with Crippen LogP contribution in [-0.2, 0) is 4.84 Å². The van der Waals surface area contributed by atoms with Gasteiger partial charge in [-0.2, -0.15) is 0 Å². The Hall–Kier alpha value is -1.73. The van der Waals surface area contributed by atoms with Crippen LogP contribution in [-0.4, -0.2) is 35.8 Å². The molecule has 1 heterocycles. The van der Waals surface area contributed by atoms with Crippen molar-refractivity contribution in [3.8, 4) is 5.75 Å². The number of fused-ring (bicyclic) bond motifs is 1. The molecular formula is C10H8Cl2N2O5. The van der Waals surface area contributed by atoms with Gasteiger partial charge >= 0.3 is 0 Å². The van der Waals surface area contributed by atoms with E-state index in [9.17, 15) is 14.9 Å². The van der Waals surface area contributed by atoms with Crippen LogP contribution in [0.4, 0.5) is 0 Å². The molecule has 0 fully saturated rings. The van der Waals surface area contributed by atoms with Gasteiger partial charge < -0.3 is 14.5 Å². The highest BCUT2D eigenvalue weighted by atomic mass is 35.5. The van der Waals surface area contributed by atoms with E-state index in [2.05, 4.69) is 4.84 Å². The first-order chi connectivity index (χ1) is 8.99. The number of hydrogen-bond donors (Lipinski definition) is 0. The summed E-state index contributed by atoms with van der Waals surface area (Å²) in [5, 5.41) is 9.66. The third kappa shape index (κ3) is 2.99.